The van der Waals surface area contributed by atoms with E-state index in [-0.39, 0.29) is 12.2 Å². The van der Waals surface area contributed by atoms with Crippen LogP contribution in [0.3, 0.4) is 0 Å². The van der Waals surface area contributed by atoms with Crippen LogP contribution in [-0.2, 0) is 6.42 Å². The first-order valence-corrected chi connectivity index (χ1v) is 4.37. The lowest BCUT2D eigenvalue weighted by Crippen LogP contribution is -2.02. The lowest BCUT2D eigenvalue weighted by Gasteiger charge is -1.95. The number of aryl methyl sites for hydroxylation is 1. The van der Waals surface area contributed by atoms with Gasteiger partial charge in [-0.2, -0.15) is 0 Å². The van der Waals surface area contributed by atoms with Crippen molar-refractivity contribution < 1.29 is 13.6 Å². The van der Waals surface area contributed by atoms with Crippen LogP contribution in [0.25, 0.3) is 0 Å². The topological polar surface area (TPSA) is 43.4 Å². The number of ketones is 1. The van der Waals surface area contributed by atoms with Crippen LogP contribution in [0.4, 0.5) is 0 Å². The smallest absolute Gasteiger partial charge is 0.205 e. The summed E-state index contributed by atoms with van der Waals surface area (Å²) >= 11 is 0. The molecule has 0 fully saturated rings. The fourth-order valence-corrected chi connectivity index (χ4v) is 1.31. The third kappa shape index (κ3) is 1.62. The zero-order valence-corrected chi connectivity index (χ0v) is 7.82. The van der Waals surface area contributed by atoms with Crippen molar-refractivity contribution in [1.29, 1.82) is 0 Å². The van der Waals surface area contributed by atoms with Crippen molar-refractivity contribution in [2.24, 2.45) is 0 Å². The summed E-state index contributed by atoms with van der Waals surface area (Å²) in [4.78, 5) is 11.6. The Kier molecular flexibility index (Phi) is 2.23. The minimum atomic E-state index is -0.0533. The molecular weight excluding hydrogens is 180 g/mol. The van der Waals surface area contributed by atoms with Gasteiger partial charge >= 0.3 is 0 Å². The molecule has 0 aromatic carbocycles. The van der Waals surface area contributed by atoms with E-state index in [9.17, 15) is 4.79 Å². The third-order valence-electron chi connectivity index (χ3n) is 2.03. The van der Waals surface area contributed by atoms with Crippen molar-refractivity contribution in [3.8, 4) is 0 Å². The molecule has 14 heavy (non-hydrogen) atoms. The van der Waals surface area contributed by atoms with Crippen LogP contribution in [-0.4, -0.2) is 5.78 Å². The van der Waals surface area contributed by atoms with E-state index in [1.807, 2.05) is 6.92 Å². The lowest BCUT2D eigenvalue weighted by molar-refractivity contribution is 0.0959. The molecule has 2 rings (SSSR count). The second kappa shape index (κ2) is 3.54. The van der Waals surface area contributed by atoms with E-state index in [2.05, 4.69) is 0 Å². The molecule has 0 radical (unpaired) electrons. The van der Waals surface area contributed by atoms with Gasteiger partial charge in [0.1, 0.15) is 5.76 Å². The molecule has 0 unspecified atom stereocenters. The largest absolute Gasteiger partial charge is 0.469 e. The highest BCUT2D eigenvalue weighted by Crippen LogP contribution is 2.12. The molecule has 0 N–H and O–H groups in total. The molecule has 0 saturated heterocycles. The summed E-state index contributed by atoms with van der Waals surface area (Å²) in [6, 6.07) is 5.31. The SMILES string of the molecule is Cc1ccoc1C(=O)Cc1ccco1. The summed E-state index contributed by atoms with van der Waals surface area (Å²) in [5, 5.41) is 0. The van der Waals surface area contributed by atoms with Crippen LogP contribution < -0.4 is 0 Å². The summed E-state index contributed by atoms with van der Waals surface area (Å²) in [7, 11) is 0. The predicted octanol–water partition coefficient (Wildman–Crippen LogP) is 2.61. The van der Waals surface area contributed by atoms with Crippen molar-refractivity contribution in [3.63, 3.8) is 0 Å². The van der Waals surface area contributed by atoms with E-state index in [0.29, 0.717) is 11.5 Å². The second-order valence-electron chi connectivity index (χ2n) is 3.11. The number of Topliss-reactive ketones (excluding diaryl/α,β-unsaturated/α-hetero) is 1. The number of carbonyl (C=O) groups is 1. The first kappa shape index (κ1) is 8.81. The highest BCUT2D eigenvalue weighted by atomic mass is 16.3. The minimum Gasteiger partial charge on any atom is -0.469 e. The van der Waals surface area contributed by atoms with Crippen molar-refractivity contribution in [2.45, 2.75) is 13.3 Å². The molecule has 3 nitrogen and oxygen atoms in total. The van der Waals surface area contributed by atoms with Crippen LogP contribution in [0, 0.1) is 6.92 Å². The lowest BCUT2D eigenvalue weighted by atomic mass is 10.1. The normalized spacial score (nSPS) is 10.4. The maximum Gasteiger partial charge on any atom is 0.205 e. The highest BCUT2D eigenvalue weighted by molar-refractivity contribution is 5.95. The number of hydrogen-bond acceptors (Lipinski definition) is 3. The van der Waals surface area contributed by atoms with Gasteiger partial charge in [0.25, 0.3) is 0 Å². The maximum absolute atomic E-state index is 11.6. The van der Waals surface area contributed by atoms with Crippen molar-refractivity contribution >= 4 is 5.78 Å². The molecule has 0 saturated carbocycles. The zero-order valence-electron chi connectivity index (χ0n) is 7.82. The first-order chi connectivity index (χ1) is 6.77. The van der Waals surface area contributed by atoms with E-state index >= 15 is 0 Å². The monoisotopic (exact) mass is 190 g/mol. The Morgan fingerprint density at radius 2 is 2.14 bits per heavy atom. The van der Waals surface area contributed by atoms with Gasteiger partial charge in [0, 0.05) is 0 Å². The van der Waals surface area contributed by atoms with Gasteiger partial charge in [-0.3, -0.25) is 4.79 Å². The van der Waals surface area contributed by atoms with Gasteiger partial charge in [-0.25, -0.2) is 0 Å². The number of rotatable bonds is 3. The molecule has 0 aliphatic carbocycles. The number of furan rings is 2. The Morgan fingerprint density at radius 1 is 1.29 bits per heavy atom. The molecule has 3 heteroatoms. The molecule has 2 heterocycles. The van der Waals surface area contributed by atoms with Crippen LogP contribution in [0.2, 0.25) is 0 Å². The van der Waals surface area contributed by atoms with E-state index in [0.717, 1.165) is 5.56 Å². The summed E-state index contributed by atoms with van der Waals surface area (Å²) in [6.07, 6.45) is 3.32. The first-order valence-electron chi connectivity index (χ1n) is 4.37. The molecule has 0 bridgehead atoms. The van der Waals surface area contributed by atoms with E-state index < -0.39 is 0 Å². The summed E-state index contributed by atoms with van der Waals surface area (Å²) in [5.74, 6) is 1.02. The Morgan fingerprint density at radius 3 is 2.71 bits per heavy atom. The molecule has 2 aromatic rings. The zero-order chi connectivity index (χ0) is 9.97. The molecule has 0 amide bonds. The standard InChI is InChI=1S/C11H10O3/c1-8-4-6-14-11(8)10(12)7-9-3-2-5-13-9/h2-6H,7H2,1H3. The maximum atomic E-state index is 11.6. The molecule has 2 aromatic heterocycles. The third-order valence-corrected chi connectivity index (χ3v) is 2.03. The van der Waals surface area contributed by atoms with Crippen LogP contribution >= 0.6 is 0 Å². The fourth-order valence-electron chi connectivity index (χ4n) is 1.31. The van der Waals surface area contributed by atoms with Gasteiger partial charge in [-0.05, 0) is 30.7 Å². The van der Waals surface area contributed by atoms with Crippen molar-refractivity contribution in [3.05, 3.63) is 47.8 Å². The average molecular weight is 190 g/mol. The minimum absolute atomic E-state index is 0.0533. The van der Waals surface area contributed by atoms with Gasteiger partial charge in [0.15, 0.2) is 5.76 Å². The van der Waals surface area contributed by atoms with Crippen LogP contribution in [0.5, 0.6) is 0 Å². The van der Waals surface area contributed by atoms with E-state index in [4.69, 9.17) is 8.83 Å². The Hall–Kier alpha value is -1.77. The van der Waals surface area contributed by atoms with Crippen LogP contribution in [0.15, 0.2) is 39.6 Å². The van der Waals surface area contributed by atoms with Gasteiger partial charge < -0.3 is 8.83 Å². The molecule has 0 atom stereocenters. The van der Waals surface area contributed by atoms with Gasteiger partial charge in [0.2, 0.25) is 5.78 Å². The van der Waals surface area contributed by atoms with E-state index in [1.54, 1.807) is 24.5 Å². The molecular formula is C11H10O3. The Labute approximate surface area is 81.3 Å². The summed E-state index contributed by atoms with van der Waals surface area (Å²) in [5.41, 5.74) is 0.863. The Balaban J connectivity index is 2.14. The highest BCUT2D eigenvalue weighted by Gasteiger charge is 2.14. The van der Waals surface area contributed by atoms with Crippen LogP contribution in [0.1, 0.15) is 21.9 Å². The summed E-state index contributed by atoms with van der Waals surface area (Å²) in [6.45, 7) is 1.85. The molecule has 0 spiro atoms. The van der Waals surface area contributed by atoms with Gasteiger partial charge in [-0.1, -0.05) is 0 Å². The number of carbonyl (C=O) groups excluding carboxylic acids is 1. The van der Waals surface area contributed by atoms with Gasteiger partial charge in [-0.15, -0.1) is 0 Å². The van der Waals surface area contributed by atoms with E-state index in [1.165, 1.54) is 6.26 Å². The fraction of sp³-hybridized carbons (Fsp3) is 0.182. The molecule has 72 valence electrons. The average Bonchev–Trinajstić information content (AvgIpc) is 2.75. The summed E-state index contributed by atoms with van der Waals surface area (Å²) < 4.78 is 10.2. The number of hydrogen-bond donors (Lipinski definition) is 0. The predicted molar refractivity (Wildman–Crippen MR) is 50.2 cm³/mol. The Bertz CT molecular complexity index is 423. The quantitative estimate of drug-likeness (QED) is 0.698. The molecule has 0 aliphatic rings. The molecule has 0 aliphatic heterocycles. The second-order valence-corrected chi connectivity index (χ2v) is 3.11. The van der Waals surface area contributed by atoms with Crippen molar-refractivity contribution in [2.75, 3.05) is 0 Å². The van der Waals surface area contributed by atoms with Crippen molar-refractivity contribution in [1.82, 2.24) is 0 Å². The van der Waals surface area contributed by atoms with Gasteiger partial charge in [0.05, 0.1) is 18.9 Å².